The molecule has 6 heteroatoms. The van der Waals surface area contributed by atoms with Gasteiger partial charge in [-0.05, 0) is 30.9 Å². The van der Waals surface area contributed by atoms with E-state index >= 15 is 0 Å². The minimum Gasteiger partial charge on any atom is -0.493 e. The molecule has 2 nitrogen and oxygen atoms in total. The zero-order chi connectivity index (χ0) is 13.0. The van der Waals surface area contributed by atoms with Crippen LogP contribution in [0.4, 0.5) is 12.9 Å². The minimum atomic E-state index is -4.92. The Morgan fingerprint density at radius 3 is 2.28 bits per heavy atom. The molecule has 0 bridgehead atoms. The Morgan fingerprint density at radius 1 is 1.11 bits per heavy atom. The number of halogens is 3. The van der Waals surface area contributed by atoms with E-state index < -0.39 is 12.4 Å². The van der Waals surface area contributed by atoms with Crippen LogP contribution in [0.5, 0.6) is 5.75 Å². The first-order valence-electron chi connectivity index (χ1n) is 6.06. The maximum Gasteiger partial charge on any atom is 0.509 e. The second-order valence-corrected chi connectivity index (χ2v) is 4.51. The number of hydrogen-bond donors (Lipinski definition) is 0. The molecule has 1 aliphatic heterocycles. The maximum absolute atomic E-state index is 12.4. The van der Waals surface area contributed by atoms with E-state index in [1.165, 1.54) is 12.1 Å². The average molecular weight is 259 g/mol. The summed E-state index contributed by atoms with van der Waals surface area (Å²) in [6, 6.07) is 4.90. The molecule has 0 saturated carbocycles. The zero-order valence-corrected chi connectivity index (χ0v) is 9.95. The molecule has 1 heterocycles. The van der Waals surface area contributed by atoms with E-state index in [0.29, 0.717) is 18.3 Å². The molecule has 0 aromatic heterocycles. The second-order valence-electron chi connectivity index (χ2n) is 4.51. The standard InChI is InChI=1S/C12H15BF3O2/c14-13(15,16)11-1-3-12(4-2-11)18-9-10-5-7-17-8-6-10/h1-4,10H,5-9H2/q-1. The minimum absolute atomic E-state index is 0.435. The summed E-state index contributed by atoms with van der Waals surface area (Å²) in [5.41, 5.74) is -0.589. The van der Waals surface area contributed by atoms with E-state index in [2.05, 4.69) is 0 Å². The molecule has 1 aromatic rings. The smallest absolute Gasteiger partial charge is 0.493 e. The molecule has 1 aromatic carbocycles. The Morgan fingerprint density at radius 2 is 1.72 bits per heavy atom. The van der Waals surface area contributed by atoms with E-state index in [9.17, 15) is 12.9 Å². The van der Waals surface area contributed by atoms with Crippen molar-refractivity contribution in [3.8, 4) is 5.75 Å². The Balaban J connectivity index is 1.86. The molecule has 1 aliphatic rings. The Labute approximate surface area is 104 Å². The highest BCUT2D eigenvalue weighted by Gasteiger charge is 2.25. The average Bonchev–Trinajstić information content (AvgIpc) is 2.37. The molecule has 0 spiro atoms. The number of hydrogen-bond acceptors (Lipinski definition) is 2. The SMILES string of the molecule is F[B-](F)(F)c1ccc(OCC2CCOCC2)cc1. The van der Waals surface area contributed by atoms with E-state index in [1.54, 1.807) is 0 Å². The highest BCUT2D eigenvalue weighted by Crippen LogP contribution is 2.18. The third-order valence-electron chi connectivity index (χ3n) is 3.08. The van der Waals surface area contributed by atoms with Crippen LogP contribution in [0.1, 0.15) is 12.8 Å². The monoisotopic (exact) mass is 259 g/mol. The van der Waals surface area contributed by atoms with Gasteiger partial charge >= 0.3 is 6.98 Å². The third kappa shape index (κ3) is 3.66. The molecule has 1 saturated heterocycles. The number of rotatable bonds is 4. The normalized spacial score (nSPS) is 17.7. The van der Waals surface area contributed by atoms with Gasteiger partial charge in [0.15, 0.2) is 0 Å². The van der Waals surface area contributed by atoms with Crippen molar-refractivity contribution >= 4 is 12.4 Å². The van der Waals surface area contributed by atoms with Crippen LogP contribution in [0.2, 0.25) is 0 Å². The van der Waals surface area contributed by atoms with Gasteiger partial charge in [0.25, 0.3) is 0 Å². The summed E-state index contributed by atoms with van der Waals surface area (Å²) in [6.07, 6.45) is 1.90. The predicted octanol–water partition coefficient (Wildman–Crippen LogP) is 2.55. The summed E-state index contributed by atoms with van der Waals surface area (Å²) in [4.78, 5) is 0. The highest BCUT2D eigenvalue weighted by atomic mass is 19.4. The Hall–Kier alpha value is -1.17. The second kappa shape index (κ2) is 5.65. The van der Waals surface area contributed by atoms with Crippen molar-refractivity contribution in [3.05, 3.63) is 24.3 Å². The summed E-state index contributed by atoms with van der Waals surface area (Å²) in [5, 5.41) is 0. The molecule has 0 aliphatic carbocycles. The lowest BCUT2D eigenvalue weighted by Gasteiger charge is -2.22. The predicted molar refractivity (Wildman–Crippen MR) is 64.2 cm³/mol. The van der Waals surface area contributed by atoms with Gasteiger partial charge in [-0.1, -0.05) is 12.1 Å². The van der Waals surface area contributed by atoms with Crippen LogP contribution >= 0.6 is 0 Å². The zero-order valence-electron chi connectivity index (χ0n) is 9.95. The van der Waals surface area contributed by atoms with Gasteiger partial charge in [-0.15, -0.1) is 5.46 Å². The molecule has 100 valence electrons. The first-order valence-corrected chi connectivity index (χ1v) is 6.06. The van der Waals surface area contributed by atoms with Crippen molar-refractivity contribution in [2.75, 3.05) is 19.8 Å². The lowest BCUT2D eigenvalue weighted by atomic mass is 9.80. The van der Waals surface area contributed by atoms with Crippen LogP contribution in [0.3, 0.4) is 0 Å². The molecule has 0 amide bonds. The van der Waals surface area contributed by atoms with Crippen molar-refractivity contribution in [2.45, 2.75) is 12.8 Å². The molecule has 0 N–H and O–H groups in total. The topological polar surface area (TPSA) is 18.5 Å². The van der Waals surface area contributed by atoms with Crippen LogP contribution in [-0.2, 0) is 4.74 Å². The molecule has 18 heavy (non-hydrogen) atoms. The molecule has 0 unspecified atom stereocenters. The van der Waals surface area contributed by atoms with E-state index in [1.807, 2.05) is 0 Å². The summed E-state index contributed by atoms with van der Waals surface area (Å²) in [6.45, 7) is -2.90. The van der Waals surface area contributed by atoms with Crippen LogP contribution in [0.25, 0.3) is 0 Å². The summed E-state index contributed by atoms with van der Waals surface area (Å²) in [5.74, 6) is 0.926. The molecular formula is C12H15BF3O2-. The van der Waals surface area contributed by atoms with Crippen LogP contribution in [0.15, 0.2) is 24.3 Å². The Kier molecular flexibility index (Phi) is 4.17. The number of benzene rings is 1. The van der Waals surface area contributed by atoms with Gasteiger partial charge in [0.1, 0.15) is 5.75 Å². The van der Waals surface area contributed by atoms with Crippen molar-refractivity contribution in [2.24, 2.45) is 5.92 Å². The lowest BCUT2D eigenvalue weighted by Crippen LogP contribution is -2.33. The maximum atomic E-state index is 12.4. The van der Waals surface area contributed by atoms with Gasteiger partial charge in [-0.2, -0.15) is 0 Å². The van der Waals surface area contributed by atoms with Crippen molar-refractivity contribution in [1.29, 1.82) is 0 Å². The van der Waals surface area contributed by atoms with Crippen molar-refractivity contribution in [1.82, 2.24) is 0 Å². The van der Waals surface area contributed by atoms with E-state index in [-0.39, 0.29) is 0 Å². The number of ether oxygens (including phenoxy) is 2. The molecular weight excluding hydrogens is 244 g/mol. The Bertz CT molecular complexity index is 372. The van der Waals surface area contributed by atoms with E-state index in [4.69, 9.17) is 9.47 Å². The highest BCUT2D eigenvalue weighted by molar-refractivity contribution is 6.73. The van der Waals surface area contributed by atoms with Crippen molar-refractivity contribution < 1.29 is 22.4 Å². The molecule has 1 fully saturated rings. The van der Waals surface area contributed by atoms with Crippen molar-refractivity contribution in [3.63, 3.8) is 0 Å². The fraction of sp³-hybridized carbons (Fsp3) is 0.500. The largest absolute Gasteiger partial charge is 0.509 e. The summed E-state index contributed by atoms with van der Waals surface area (Å²) < 4.78 is 47.9. The molecule has 2 rings (SSSR count). The lowest BCUT2D eigenvalue weighted by molar-refractivity contribution is 0.0497. The van der Waals surface area contributed by atoms with E-state index in [0.717, 1.165) is 38.2 Å². The third-order valence-corrected chi connectivity index (χ3v) is 3.08. The first-order chi connectivity index (χ1) is 8.55. The van der Waals surface area contributed by atoms with Gasteiger partial charge in [0, 0.05) is 13.2 Å². The summed E-state index contributed by atoms with van der Waals surface area (Å²) >= 11 is 0. The molecule has 0 atom stereocenters. The van der Waals surface area contributed by atoms with Gasteiger partial charge in [-0.25, -0.2) is 0 Å². The fourth-order valence-corrected chi connectivity index (χ4v) is 1.91. The van der Waals surface area contributed by atoms with Gasteiger partial charge < -0.3 is 22.4 Å². The summed E-state index contributed by atoms with van der Waals surface area (Å²) in [7, 11) is 0. The molecule has 0 radical (unpaired) electrons. The van der Waals surface area contributed by atoms with Gasteiger partial charge in [0.05, 0.1) is 6.61 Å². The quantitative estimate of drug-likeness (QED) is 0.773. The van der Waals surface area contributed by atoms with Crippen LogP contribution in [0, 0.1) is 5.92 Å². The van der Waals surface area contributed by atoms with Gasteiger partial charge in [-0.3, -0.25) is 0 Å². The fourth-order valence-electron chi connectivity index (χ4n) is 1.91. The van der Waals surface area contributed by atoms with Crippen LogP contribution in [-0.4, -0.2) is 26.8 Å². The van der Waals surface area contributed by atoms with Gasteiger partial charge in [0.2, 0.25) is 0 Å². The van der Waals surface area contributed by atoms with Crippen LogP contribution < -0.4 is 10.2 Å². The first kappa shape index (κ1) is 13.3.